The highest BCUT2D eigenvalue weighted by molar-refractivity contribution is 5.98. The monoisotopic (exact) mass is 400 g/mol. The number of aromatic nitrogens is 3. The predicted octanol–water partition coefficient (Wildman–Crippen LogP) is 3.29. The first-order valence-electron chi connectivity index (χ1n) is 10.9. The minimum atomic E-state index is -0.124. The van der Waals surface area contributed by atoms with E-state index in [2.05, 4.69) is 22.2 Å². The van der Waals surface area contributed by atoms with Crippen molar-refractivity contribution in [1.29, 1.82) is 0 Å². The molecule has 2 bridgehead atoms. The maximum Gasteiger partial charge on any atom is 0.274 e. The van der Waals surface area contributed by atoms with Gasteiger partial charge in [-0.2, -0.15) is 0 Å². The number of fused-ring (bicyclic) bond motifs is 3. The Kier molecular flexibility index (Phi) is 6.15. The molecule has 2 fully saturated rings. The van der Waals surface area contributed by atoms with E-state index in [1.165, 1.54) is 12.8 Å². The van der Waals surface area contributed by atoms with Crippen LogP contribution < -0.4 is 5.32 Å². The third-order valence-corrected chi connectivity index (χ3v) is 6.42. The molecule has 2 aromatic rings. The van der Waals surface area contributed by atoms with Crippen LogP contribution in [0.2, 0.25) is 0 Å². The maximum absolute atomic E-state index is 13.1. The van der Waals surface area contributed by atoms with Crippen molar-refractivity contribution in [2.24, 2.45) is 11.8 Å². The van der Waals surface area contributed by atoms with Gasteiger partial charge in [0, 0.05) is 25.5 Å². The lowest BCUT2D eigenvalue weighted by Crippen LogP contribution is -2.46. The number of rotatable bonds is 8. The summed E-state index contributed by atoms with van der Waals surface area (Å²) < 4.78 is 13.2. The quantitative estimate of drug-likeness (QED) is 0.688. The fourth-order valence-electron chi connectivity index (χ4n) is 5.05. The molecule has 29 heavy (non-hydrogen) atoms. The molecule has 2 aliphatic carbocycles. The number of unbranched alkanes of at least 4 members (excludes halogenated alkanes) is 1. The highest BCUT2D eigenvalue weighted by Gasteiger charge is 2.44. The number of hydrogen-bond donors (Lipinski definition) is 1. The van der Waals surface area contributed by atoms with Crippen molar-refractivity contribution in [2.45, 2.75) is 71.1 Å². The molecule has 4 rings (SSSR count). The lowest BCUT2D eigenvalue weighted by Gasteiger charge is -2.35. The van der Waals surface area contributed by atoms with Gasteiger partial charge in [-0.3, -0.25) is 9.20 Å². The minimum Gasteiger partial charge on any atom is -0.378 e. The molecule has 1 N–H and O–H groups in total. The summed E-state index contributed by atoms with van der Waals surface area (Å²) in [5.41, 5.74) is 2.78. The van der Waals surface area contributed by atoms with E-state index in [1.54, 1.807) is 13.4 Å². The number of carbonyl (C=O) groups is 1. The SMILES string of the molecule is CCCCOC1CC2CC[C@H](C1)C2NC(=O)c1ncn2c(COC)cc(C)nc12. The van der Waals surface area contributed by atoms with E-state index in [0.717, 1.165) is 43.7 Å². The van der Waals surface area contributed by atoms with E-state index in [-0.39, 0.29) is 11.9 Å². The van der Waals surface area contributed by atoms with E-state index in [4.69, 9.17) is 9.47 Å². The number of imidazole rings is 1. The molecule has 158 valence electrons. The Labute approximate surface area is 172 Å². The van der Waals surface area contributed by atoms with Crippen LogP contribution in [0.15, 0.2) is 12.4 Å². The van der Waals surface area contributed by atoms with Gasteiger partial charge in [0.2, 0.25) is 0 Å². The molecule has 2 heterocycles. The number of methoxy groups -OCH3 is 1. The Bertz CT molecular complexity index is 851. The molecule has 1 amide bonds. The number of hydrogen-bond acceptors (Lipinski definition) is 5. The van der Waals surface area contributed by atoms with Gasteiger partial charge < -0.3 is 14.8 Å². The summed E-state index contributed by atoms with van der Waals surface area (Å²) in [6, 6.07) is 2.17. The molecule has 0 saturated heterocycles. The Hall–Kier alpha value is -1.99. The van der Waals surface area contributed by atoms with Gasteiger partial charge in [-0.25, -0.2) is 9.97 Å². The topological polar surface area (TPSA) is 77.8 Å². The summed E-state index contributed by atoms with van der Waals surface area (Å²) in [5.74, 6) is 0.870. The Balaban J connectivity index is 1.47. The first-order chi connectivity index (χ1) is 14.1. The van der Waals surface area contributed by atoms with Crippen LogP contribution in [0.1, 0.15) is 67.3 Å². The van der Waals surface area contributed by atoms with Crippen molar-refractivity contribution in [3.63, 3.8) is 0 Å². The lowest BCUT2D eigenvalue weighted by molar-refractivity contribution is -0.00121. The van der Waals surface area contributed by atoms with E-state index >= 15 is 0 Å². The van der Waals surface area contributed by atoms with Gasteiger partial charge in [-0.15, -0.1) is 0 Å². The molecule has 4 atom stereocenters. The van der Waals surface area contributed by atoms with Crippen molar-refractivity contribution in [3.05, 3.63) is 29.5 Å². The molecule has 0 aromatic carbocycles. The lowest BCUT2D eigenvalue weighted by atomic mass is 9.82. The molecule has 7 heteroatoms. The van der Waals surface area contributed by atoms with E-state index in [9.17, 15) is 4.79 Å². The van der Waals surface area contributed by atoms with Crippen molar-refractivity contribution in [3.8, 4) is 0 Å². The van der Waals surface area contributed by atoms with Gasteiger partial charge in [0.25, 0.3) is 5.91 Å². The smallest absolute Gasteiger partial charge is 0.274 e. The average molecular weight is 401 g/mol. The van der Waals surface area contributed by atoms with Crippen LogP contribution in [0.25, 0.3) is 5.65 Å². The zero-order valence-corrected chi connectivity index (χ0v) is 17.7. The van der Waals surface area contributed by atoms with Crippen LogP contribution in [0, 0.1) is 18.8 Å². The van der Waals surface area contributed by atoms with Gasteiger partial charge >= 0.3 is 0 Å². The molecular weight excluding hydrogens is 368 g/mol. The summed E-state index contributed by atoms with van der Waals surface area (Å²) in [6.45, 7) is 5.41. The predicted molar refractivity (Wildman–Crippen MR) is 110 cm³/mol. The molecule has 3 unspecified atom stereocenters. The van der Waals surface area contributed by atoms with E-state index in [1.807, 2.05) is 17.4 Å². The van der Waals surface area contributed by atoms with Crippen LogP contribution in [-0.4, -0.2) is 46.1 Å². The van der Waals surface area contributed by atoms with Crippen LogP contribution >= 0.6 is 0 Å². The zero-order chi connectivity index (χ0) is 20.4. The number of carbonyl (C=O) groups excluding carboxylic acids is 1. The van der Waals surface area contributed by atoms with Crippen molar-refractivity contribution in [1.82, 2.24) is 19.7 Å². The van der Waals surface area contributed by atoms with Gasteiger partial charge in [0.1, 0.15) is 6.33 Å². The van der Waals surface area contributed by atoms with Gasteiger partial charge in [-0.1, -0.05) is 13.3 Å². The summed E-state index contributed by atoms with van der Waals surface area (Å²) in [5, 5.41) is 3.29. The largest absolute Gasteiger partial charge is 0.378 e. The Morgan fingerprint density at radius 2 is 2.07 bits per heavy atom. The van der Waals surface area contributed by atoms with Crippen LogP contribution in [-0.2, 0) is 16.1 Å². The first kappa shape index (κ1) is 20.3. The Morgan fingerprint density at radius 3 is 2.76 bits per heavy atom. The number of aryl methyl sites for hydroxylation is 1. The van der Waals surface area contributed by atoms with E-state index < -0.39 is 0 Å². The fourth-order valence-corrected chi connectivity index (χ4v) is 5.05. The van der Waals surface area contributed by atoms with Gasteiger partial charge in [0.05, 0.1) is 18.4 Å². The molecular formula is C22H32N4O3. The minimum absolute atomic E-state index is 0.124. The molecule has 2 saturated carbocycles. The number of nitrogens with one attached hydrogen (secondary N) is 1. The van der Waals surface area contributed by atoms with Crippen molar-refractivity contribution < 1.29 is 14.3 Å². The maximum atomic E-state index is 13.1. The van der Waals surface area contributed by atoms with Crippen LogP contribution in [0.4, 0.5) is 0 Å². The van der Waals surface area contributed by atoms with Crippen LogP contribution in [0.3, 0.4) is 0 Å². The molecule has 2 aromatic heterocycles. The second kappa shape index (κ2) is 8.79. The van der Waals surface area contributed by atoms with Crippen molar-refractivity contribution in [2.75, 3.05) is 13.7 Å². The second-order valence-corrected chi connectivity index (χ2v) is 8.52. The average Bonchev–Trinajstić information content (AvgIpc) is 3.20. The van der Waals surface area contributed by atoms with Gasteiger partial charge in [0.15, 0.2) is 11.3 Å². The zero-order valence-electron chi connectivity index (χ0n) is 17.7. The summed E-state index contributed by atoms with van der Waals surface area (Å²) in [7, 11) is 1.66. The molecule has 0 aliphatic heterocycles. The third kappa shape index (κ3) is 4.16. The van der Waals surface area contributed by atoms with Crippen LogP contribution in [0.5, 0.6) is 0 Å². The molecule has 2 aliphatic rings. The van der Waals surface area contributed by atoms with Crippen molar-refractivity contribution >= 4 is 11.6 Å². The number of amides is 1. The normalized spacial score (nSPS) is 26.2. The standard InChI is InChI=1S/C22H32N4O3/c1-4-5-8-29-18-10-15-6-7-16(11-18)19(15)25-22(27)20-21-24-14(2)9-17(12-28-3)26(21)13-23-20/h9,13,15-16,18-19H,4-8,10-12H2,1-3H3,(H,25,27)/t15-,16?,18?,19?/m1/s1. The fraction of sp³-hybridized carbons (Fsp3) is 0.682. The van der Waals surface area contributed by atoms with E-state index in [0.29, 0.717) is 35.9 Å². The molecule has 7 nitrogen and oxygen atoms in total. The molecule has 0 radical (unpaired) electrons. The number of ether oxygens (including phenoxy) is 2. The Morgan fingerprint density at radius 1 is 1.31 bits per heavy atom. The highest BCUT2D eigenvalue weighted by Crippen LogP contribution is 2.43. The molecule has 0 spiro atoms. The summed E-state index contributed by atoms with van der Waals surface area (Å²) in [4.78, 5) is 22.0. The second-order valence-electron chi connectivity index (χ2n) is 8.52. The first-order valence-corrected chi connectivity index (χ1v) is 10.9. The summed E-state index contributed by atoms with van der Waals surface area (Å²) >= 11 is 0. The van der Waals surface area contributed by atoms with Gasteiger partial charge in [-0.05, 0) is 56.9 Å². The third-order valence-electron chi connectivity index (χ3n) is 6.42. The summed E-state index contributed by atoms with van der Waals surface area (Å²) in [6.07, 6.45) is 8.73. The highest BCUT2D eigenvalue weighted by atomic mass is 16.5. The number of nitrogens with zero attached hydrogens (tertiary/aromatic N) is 3.